The van der Waals surface area contributed by atoms with Crippen molar-refractivity contribution in [2.75, 3.05) is 5.32 Å². The van der Waals surface area contributed by atoms with E-state index in [1.165, 1.54) is 19.2 Å². The monoisotopic (exact) mass is 287 g/mol. The molecule has 0 spiro atoms. The highest BCUT2D eigenvalue weighted by Crippen LogP contribution is 2.15. The Balaban J connectivity index is 2.75. The summed E-state index contributed by atoms with van der Waals surface area (Å²) in [6, 6.07) is -1.42. The number of carbonyl (C=O) groups excluding carboxylic acids is 2. The minimum atomic E-state index is -1.42. The van der Waals surface area contributed by atoms with Crippen molar-refractivity contribution in [2.45, 2.75) is 26.0 Å². The molecule has 0 aliphatic carbocycles. The van der Waals surface area contributed by atoms with Gasteiger partial charge in [0, 0.05) is 12.3 Å². The van der Waals surface area contributed by atoms with Crippen LogP contribution in [0.5, 0.6) is 0 Å². The van der Waals surface area contributed by atoms with Crippen LogP contribution in [0.1, 0.15) is 24.3 Å². The van der Waals surface area contributed by atoms with Crippen LogP contribution in [0.25, 0.3) is 0 Å². The number of aromatic nitrogens is 1. The number of carbonyl (C=O) groups is 3. The molecule has 2 amide bonds. The second kappa shape index (κ2) is 6.25. The molecule has 9 heteroatoms. The van der Waals surface area contributed by atoms with E-state index in [4.69, 9.17) is 5.11 Å². The smallest absolute Gasteiger partial charge is 0.328 e. The number of thiazole rings is 1. The summed E-state index contributed by atoms with van der Waals surface area (Å²) in [5, 5.41) is 24.2. The maximum atomic E-state index is 11.7. The van der Waals surface area contributed by atoms with Gasteiger partial charge in [-0.05, 0) is 6.92 Å². The fourth-order valence-electron chi connectivity index (χ4n) is 1.19. The molecule has 104 valence electrons. The Bertz CT molecular complexity index is 499. The lowest BCUT2D eigenvalue weighted by molar-refractivity contribution is -0.141. The standard InChI is InChI=1S/C10H13N3O5S/c1-4(14)7(9(17)18)13-8(16)6-3-19-10(12-6)11-5(2)15/h3-4,7,14H,1-2H3,(H,13,16)(H,17,18)(H,11,12,15). The Hall–Kier alpha value is -2.00. The van der Waals surface area contributed by atoms with Crippen molar-refractivity contribution >= 4 is 34.3 Å². The number of hydrogen-bond acceptors (Lipinski definition) is 6. The molecule has 0 saturated carbocycles. The summed E-state index contributed by atoms with van der Waals surface area (Å²) in [4.78, 5) is 37.1. The highest BCUT2D eigenvalue weighted by atomic mass is 32.1. The third-order valence-electron chi connectivity index (χ3n) is 2.05. The van der Waals surface area contributed by atoms with Gasteiger partial charge in [-0.15, -0.1) is 11.3 Å². The lowest BCUT2D eigenvalue weighted by Gasteiger charge is -2.16. The van der Waals surface area contributed by atoms with E-state index in [0.717, 1.165) is 11.3 Å². The molecule has 1 aromatic rings. The van der Waals surface area contributed by atoms with Crippen LogP contribution >= 0.6 is 11.3 Å². The number of nitrogens with one attached hydrogen (secondary N) is 2. The molecule has 0 aliphatic heterocycles. The lowest BCUT2D eigenvalue weighted by atomic mass is 10.2. The number of hydrogen-bond donors (Lipinski definition) is 4. The van der Waals surface area contributed by atoms with Crippen LogP contribution in [0.2, 0.25) is 0 Å². The third-order valence-corrected chi connectivity index (χ3v) is 2.81. The Morgan fingerprint density at radius 1 is 1.42 bits per heavy atom. The maximum Gasteiger partial charge on any atom is 0.328 e. The van der Waals surface area contributed by atoms with Gasteiger partial charge < -0.3 is 20.8 Å². The quantitative estimate of drug-likeness (QED) is 0.586. The van der Waals surface area contributed by atoms with Crippen LogP contribution in [0, 0.1) is 0 Å². The summed E-state index contributed by atoms with van der Waals surface area (Å²) in [6.45, 7) is 2.55. The van der Waals surface area contributed by atoms with E-state index in [1.807, 2.05) is 0 Å². The number of carboxylic acids is 1. The van der Waals surface area contributed by atoms with E-state index >= 15 is 0 Å². The van der Waals surface area contributed by atoms with Crippen molar-refractivity contribution in [2.24, 2.45) is 0 Å². The summed E-state index contributed by atoms with van der Waals surface area (Å²) in [7, 11) is 0. The largest absolute Gasteiger partial charge is 0.480 e. The van der Waals surface area contributed by atoms with E-state index in [9.17, 15) is 19.5 Å². The topological polar surface area (TPSA) is 129 Å². The van der Waals surface area contributed by atoms with Gasteiger partial charge in [0.1, 0.15) is 5.69 Å². The van der Waals surface area contributed by atoms with Crippen LogP contribution in [-0.4, -0.2) is 45.1 Å². The van der Waals surface area contributed by atoms with Gasteiger partial charge in [0.15, 0.2) is 11.2 Å². The van der Waals surface area contributed by atoms with E-state index < -0.39 is 24.0 Å². The molecule has 2 atom stereocenters. The SMILES string of the molecule is CC(=O)Nc1nc(C(=O)NC(C(=O)O)C(C)O)cs1. The van der Waals surface area contributed by atoms with E-state index in [0.29, 0.717) is 0 Å². The molecule has 19 heavy (non-hydrogen) atoms. The number of nitrogens with zero attached hydrogens (tertiary/aromatic N) is 1. The predicted molar refractivity (Wildman–Crippen MR) is 67.0 cm³/mol. The number of aliphatic hydroxyl groups excluding tert-OH is 1. The summed E-state index contributed by atoms with van der Waals surface area (Å²) in [5.74, 6) is -2.41. The van der Waals surface area contributed by atoms with Gasteiger partial charge in [-0.1, -0.05) is 0 Å². The van der Waals surface area contributed by atoms with Crippen molar-refractivity contribution in [1.82, 2.24) is 10.3 Å². The molecule has 0 aromatic carbocycles. The molecule has 2 unspecified atom stereocenters. The Morgan fingerprint density at radius 2 is 2.05 bits per heavy atom. The first-order valence-corrected chi connectivity index (χ1v) is 6.14. The highest BCUT2D eigenvalue weighted by molar-refractivity contribution is 7.14. The zero-order valence-electron chi connectivity index (χ0n) is 10.2. The molecule has 0 aliphatic rings. The van der Waals surface area contributed by atoms with Crippen molar-refractivity contribution < 1.29 is 24.6 Å². The predicted octanol–water partition coefficient (Wildman–Crippen LogP) is -0.335. The zero-order chi connectivity index (χ0) is 14.6. The van der Waals surface area contributed by atoms with Crippen molar-refractivity contribution in [3.8, 4) is 0 Å². The maximum absolute atomic E-state index is 11.7. The van der Waals surface area contributed by atoms with Gasteiger partial charge in [-0.3, -0.25) is 9.59 Å². The third kappa shape index (κ3) is 4.30. The fraction of sp³-hybridized carbons (Fsp3) is 0.400. The first kappa shape index (κ1) is 15.1. The number of rotatable bonds is 5. The summed E-state index contributed by atoms with van der Waals surface area (Å²) < 4.78 is 0. The van der Waals surface area contributed by atoms with Gasteiger partial charge in [0.2, 0.25) is 5.91 Å². The molecule has 1 heterocycles. The van der Waals surface area contributed by atoms with Crippen LogP contribution in [0.3, 0.4) is 0 Å². The summed E-state index contributed by atoms with van der Waals surface area (Å²) in [5.41, 5.74) is -0.0272. The van der Waals surface area contributed by atoms with Gasteiger partial charge in [-0.25, -0.2) is 9.78 Å². The Labute approximate surface area is 112 Å². The van der Waals surface area contributed by atoms with Crippen molar-refractivity contribution in [3.05, 3.63) is 11.1 Å². The second-order valence-corrected chi connectivity index (χ2v) is 4.61. The van der Waals surface area contributed by atoms with E-state index in [2.05, 4.69) is 15.6 Å². The zero-order valence-corrected chi connectivity index (χ0v) is 11.0. The first-order chi connectivity index (χ1) is 8.81. The number of carboxylic acid groups (broad SMARTS) is 1. The normalized spacial score (nSPS) is 13.4. The summed E-state index contributed by atoms with van der Waals surface area (Å²) >= 11 is 1.04. The highest BCUT2D eigenvalue weighted by Gasteiger charge is 2.26. The number of aliphatic carboxylic acids is 1. The van der Waals surface area contributed by atoms with E-state index in [-0.39, 0.29) is 16.7 Å². The molecule has 0 bridgehead atoms. The van der Waals surface area contributed by atoms with Gasteiger partial charge in [0.25, 0.3) is 5.91 Å². The molecule has 1 aromatic heterocycles. The molecule has 4 N–H and O–H groups in total. The van der Waals surface area contributed by atoms with Crippen LogP contribution < -0.4 is 10.6 Å². The van der Waals surface area contributed by atoms with Gasteiger partial charge >= 0.3 is 5.97 Å². The average Bonchev–Trinajstić information content (AvgIpc) is 2.72. The summed E-state index contributed by atoms with van der Waals surface area (Å²) in [6.07, 6.45) is -1.24. The number of anilines is 1. The molecule has 0 fully saturated rings. The lowest BCUT2D eigenvalue weighted by Crippen LogP contribution is -2.47. The van der Waals surface area contributed by atoms with Crippen LogP contribution in [-0.2, 0) is 9.59 Å². The van der Waals surface area contributed by atoms with Crippen LogP contribution in [0.4, 0.5) is 5.13 Å². The van der Waals surface area contributed by atoms with Crippen molar-refractivity contribution in [3.63, 3.8) is 0 Å². The molecular formula is C10H13N3O5S. The van der Waals surface area contributed by atoms with Crippen LogP contribution in [0.15, 0.2) is 5.38 Å². The molecule has 1 rings (SSSR count). The molecule has 0 radical (unpaired) electrons. The average molecular weight is 287 g/mol. The van der Waals surface area contributed by atoms with Gasteiger partial charge in [-0.2, -0.15) is 0 Å². The van der Waals surface area contributed by atoms with E-state index in [1.54, 1.807) is 0 Å². The minimum Gasteiger partial charge on any atom is -0.480 e. The number of amides is 2. The van der Waals surface area contributed by atoms with Gasteiger partial charge in [0.05, 0.1) is 6.10 Å². The second-order valence-electron chi connectivity index (χ2n) is 3.75. The molecular weight excluding hydrogens is 274 g/mol. The Kier molecular flexibility index (Phi) is 4.95. The number of aliphatic hydroxyl groups is 1. The fourth-order valence-corrected chi connectivity index (χ4v) is 1.93. The molecule has 8 nitrogen and oxygen atoms in total. The van der Waals surface area contributed by atoms with Crippen molar-refractivity contribution in [1.29, 1.82) is 0 Å². The molecule has 0 saturated heterocycles. The minimum absolute atomic E-state index is 0.0272. The first-order valence-electron chi connectivity index (χ1n) is 5.26. The Morgan fingerprint density at radius 3 is 2.53 bits per heavy atom.